The number of aryl methyl sites for hydroxylation is 1. The number of nitrogens with zero attached hydrogens (tertiary/aromatic N) is 2. The number of hydrogen-bond donors (Lipinski definition) is 2. The van der Waals surface area contributed by atoms with Crippen LogP contribution >= 0.6 is 11.3 Å². The zero-order valence-corrected chi connectivity index (χ0v) is 19.4. The zero-order valence-electron chi connectivity index (χ0n) is 17.7. The standard InChI is InChI=1S/C22H20N4O5S2/c1-3-31-22(28)15-9-11-17(12-10-15)33(29,30)25-23-20(27)19-13-18-14(2)24-26(21(18)32-19)16-7-5-4-6-8-16/h4-13,25H,3H2,1-2H3,(H,23,27). The number of carbonyl (C=O) groups is 2. The minimum atomic E-state index is -4.04. The molecule has 11 heteroatoms. The van der Waals surface area contributed by atoms with Gasteiger partial charge < -0.3 is 4.74 Å². The van der Waals surface area contributed by atoms with Crippen molar-refractivity contribution >= 4 is 43.5 Å². The van der Waals surface area contributed by atoms with Crippen LogP contribution in [0.25, 0.3) is 15.9 Å². The Kier molecular flexibility index (Phi) is 6.27. The molecule has 2 aromatic carbocycles. The van der Waals surface area contributed by atoms with E-state index in [1.54, 1.807) is 17.7 Å². The van der Waals surface area contributed by atoms with Crippen LogP contribution in [0.15, 0.2) is 65.6 Å². The Bertz CT molecular complexity index is 1420. The molecular weight excluding hydrogens is 464 g/mol. The van der Waals surface area contributed by atoms with Crippen molar-refractivity contribution in [1.82, 2.24) is 20.0 Å². The first-order chi connectivity index (χ1) is 15.8. The summed E-state index contributed by atoms with van der Waals surface area (Å²) in [7, 11) is -4.04. The van der Waals surface area contributed by atoms with Gasteiger partial charge in [0.25, 0.3) is 15.9 Å². The van der Waals surface area contributed by atoms with Crippen LogP contribution in [0.3, 0.4) is 0 Å². The van der Waals surface area contributed by atoms with E-state index in [-0.39, 0.29) is 17.1 Å². The van der Waals surface area contributed by atoms with Gasteiger partial charge in [-0.1, -0.05) is 18.2 Å². The largest absolute Gasteiger partial charge is 0.462 e. The molecule has 4 rings (SSSR count). The normalized spacial score (nSPS) is 11.5. The van der Waals surface area contributed by atoms with Gasteiger partial charge in [0.2, 0.25) is 0 Å². The lowest BCUT2D eigenvalue weighted by molar-refractivity contribution is 0.0526. The number of hydrazine groups is 1. The van der Waals surface area contributed by atoms with Gasteiger partial charge in [0.1, 0.15) is 4.83 Å². The van der Waals surface area contributed by atoms with Crippen molar-refractivity contribution in [3.05, 3.63) is 76.8 Å². The smallest absolute Gasteiger partial charge is 0.338 e. The second kappa shape index (κ2) is 9.14. The van der Waals surface area contributed by atoms with Crippen molar-refractivity contribution in [3.8, 4) is 5.69 Å². The number of sulfonamides is 1. The number of hydrogen-bond acceptors (Lipinski definition) is 7. The molecule has 0 unspecified atom stereocenters. The summed E-state index contributed by atoms with van der Waals surface area (Å²) in [6, 6.07) is 16.4. The molecule has 4 aromatic rings. The third-order valence-electron chi connectivity index (χ3n) is 4.74. The molecule has 0 saturated carbocycles. The first-order valence-electron chi connectivity index (χ1n) is 9.94. The molecule has 0 fully saturated rings. The Hall–Kier alpha value is -3.54. The number of esters is 1. The quantitative estimate of drug-likeness (QED) is 0.307. The number of amides is 1. The lowest BCUT2D eigenvalue weighted by atomic mass is 10.2. The Morgan fingerprint density at radius 2 is 1.79 bits per heavy atom. The van der Waals surface area contributed by atoms with Crippen LogP contribution in [-0.2, 0) is 14.8 Å². The molecule has 0 saturated heterocycles. The van der Waals surface area contributed by atoms with Gasteiger partial charge in [0.05, 0.1) is 33.3 Å². The van der Waals surface area contributed by atoms with Gasteiger partial charge in [-0.25, -0.2) is 17.9 Å². The molecule has 2 aromatic heterocycles. The molecule has 0 aliphatic heterocycles. The van der Waals surface area contributed by atoms with Crippen molar-refractivity contribution in [2.24, 2.45) is 0 Å². The molecule has 0 bridgehead atoms. The predicted octanol–water partition coefficient (Wildman–Crippen LogP) is 3.20. The number of fused-ring (bicyclic) bond motifs is 1. The Morgan fingerprint density at radius 1 is 1.09 bits per heavy atom. The van der Waals surface area contributed by atoms with Crippen LogP contribution in [0, 0.1) is 6.92 Å². The summed E-state index contributed by atoms with van der Waals surface area (Å²) in [6.45, 7) is 3.74. The molecule has 33 heavy (non-hydrogen) atoms. The van der Waals surface area contributed by atoms with E-state index in [4.69, 9.17) is 4.74 Å². The zero-order chi connectivity index (χ0) is 23.6. The molecule has 2 N–H and O–H groups in total. The predicted molar refractivity (Wildman–Crippen MR) is 124 cm³/mol. The number of rotatable bonds is 7. The van der Waals surface area contributed by atoms with Gasteiger partial charge in [-0.15, -0.1) is 16.2 Å². The van der Waals surface area contributed by atoms with Crippen LogP contribution in [-0.4, -0.2) is 36.7 Å². The first kappa shape index (κ1) is 22.6. The van der Waals surface area contributed by atoms with Gasteiger partial charge in [-0.05, 0) is 56.3 Å². The fourth-order valence-corrected chi connectivity index (χ4v) is 5.04. The van der Waals surface area contributed by atoms with E-state index in [2.05, 4.69) is 15.4 Å². The number of carbonyl (C=O) groups excluding carboxylic acids is 2. The van der Waals surface area contributed by atoms with Crippen molar-refractivity contribution in [2.45, 2.75) is 18.7 Å². The number of benzene rings is 2. The molecule has 0 spiro atoms. The topological polar surface area (TPSA) is 119 Å². The summed E-state index contributed by atoms with van der Waals surface area (Å²) in [6.07, 6.45) is 0. The second-order valence-corrected chi connectivity index (χ2v) is 9.68. The lowest BCUT2D eigenvalue weighted by Crippen LogP contribution is -2.41. The van der Waals surface area contributed by atoms with E-state index < -0.39 is 21.9 Å². The van der Waals surface area contributed by atoms with Crippen molar-refractivity contribution in [1.29, 1.82) is 0 Å². The monoisotopic (exact) mass is 484 g/mol. The summed E-state index contributed by atoms with van der Waals surface area (Å²) in [5.41, 5.74) is 4.08. The molecule has 2 heterocycles. The molecule has 0 atom stereocenters. The summed E-state index contributed by atoms with van der Waals surface area (Å²) in [4.78, 5) is 27.4. The van der Waals surface area contributed by atoms with Gasteiger partial charge in [0.15, 0.2) is 0 Å². The van der Waals surface area contributed by atoms with E-state index in [0.717, 1.165) is 21.6 Å². The summed E-state index contributed by atoms with van der Waals surface area (Å²) in [5.74, 6) is -1.14. The third-order valence-corrected chi connectivity index (χ3v) is 7.12. The van der Waals surface area contributed by atoms with Crippen LogP contribution in [0.1, 0.15) is 32.6 Å². The number of para-hydroxylation sites is 1. The Labute approximate surface area is 194 Å². The van der Waals surface area contributed by atoms with Crippen molar-refractivity contribution < 1.29 is 22.7 Å². The minimum Gasteiger partial charge on any atom is -0.462 e. The van der Waals surface area contributed by atoms with E-state index >= 15 is 0 Å². The van der Waals surface area contributed by atoms with Gasteiger partial charge >= 0.3 is 5.97 Å². The van der Waals surface area contributed by atoms with Gasteiger partial charge in [-0.2, -0.15) is 5.10 Å². The first-order valence-corrected chi connectivity index (χ1v) is 12.2. The average Bonchev–Trinajstić information content (AvgIpc) is 3.39. The Balaban J connectivity index is 1.50. The molecule has 170 valence electrons. The number of ether oxygens (including phenoxy) is 1. The van der Waals surface area contributed by atoms with E-state index in [1.807, 2.05) is 37.3 Å². The summed E-state index contributed by atoms with van der Waals surface area (Å²) < 4.78 is 31.7. The van der Waals surface area contributed by atoms with Crippen LogP contribution in [0.4, 0.5) is 0 Å². The number of aromatic nitrogens is 2. The Morgan fingerprint density at radius 3 is 2.45 bits per heavy atom. The molecule has 1 amide bonds. The molecule has 0 radical (unpaired) electrons. The van der Waals surface area contributed by atoms with E-state index in [9.17, 15) is 18.0 Å². The number of nitrogens with one attached hydrogen (secondary N) is 2. The highest BCUT2D eigenvalue weighted by atomic mass is 32.2. The highest BCUT2D eigenvalue weighted by Crippen LogP contribution is 2.30. The van der Waals surface area contributed by atoms with E-state index in [0.29, 0.717) is 4.88 Å². The van der Waals surface area contributed by atoms with Crippen LogP contribution in [0.2, 0.25) is 0 Å². The van der Waals surface area contributed by atoms with Gasteiger partial charge in [0, 0.05) is 5.39 Å². The van der Waals surface area contributed by atoms with Crippen LogP contribution in [0.5, 0.6) is 0 Å². The van der Waals surface area contributed by atoms with Crippen molar-refractivity contribution in [3.63, 3.8) is 0 Å². The average molecular weight is 485 g/mol. The highest BCUT2D eigenvalue weighted by Gasteiger charge is 2.20. The SMILES string of the molecule is CCOC(=O)c1ccc(S(=O)(=O)NNC(=O)c2cc3c(C)nn(-c4ccccc4)c3s2)cc1. The molecular formula is C22H20N4O5S2. The maximum atomic E-state index is 12.6. The van der Waals surface area contributed by atoms with E-state index in [1.165, 1.54) is 35.6 Å². The molecule has 0 aliphatic rings. The second-order valence-electron chi connectivity index (χ2n) is 6.97. The maximum absolute atomic E-state index is 12.6. The van der Waals surface area contributed by atoms with Gasteiger partial charge in [-0.3, -0.25) is 10.2 Å². The molecule has 0 aliphatic carbocycles. The lowest BCUT2D eigenvalue weighted by Gasteiger charge is -2.08. The number of thiophene rings is 1. The fourth-order valence-electron chi connectivity index (χ4n) is 3.12. The minimum absolute atomic E-state index is 0.109. The van der Waals surface area contributed by atoms with Crippen molar-refractivity contribution in [2.75, 3.05) is 6.61 Å². The van der Waals surface area contributed by atoms with Crippen LogP contribution < -0.4 is 10.3 Å². The fraction of sp³-hybridized carbons (Fsp3) is 0.136. The third kappa shape index (κ3) is 4.65. The maximum Gasteiger partial charge on any atom is 0.338 e. The highest BCUT2D eigenvalue weighted by molar-refractivity contribution is 7.89. The summed E-state index contributed by atoms with van der Waals surface area (Å²) in [5, 5.41) is 5.34. The summed E-state index contributed by atoms with van der Waals surface area (Å²) >= 11 is 1.21. The molecule has 9 nitrogen and oxygen atoms in total.